The molecular formula is C22H20N4O3. The van der Waals surface area contributed by atoms with Crippen molar-refractivity contribution in [2.24, 2.45) is 0 Å². The fourth-order valence-corrected chi connectivity index (χ4v) is 2.68. The van der Waals surface area contributed by atoms with Gasteiger partial charge in [-0.15, -0.1) is 0 Å². The van der Waals surface area contributed by atoms with Gasteiger partial charge >= 0.3 is 0 Å². The number of carbonyl (C=O) groups excluding carboxylic acids is 3. The number of nitrogens with one attached hydrogen (secondary N) is 3. The zero-order valence-electron chi connectivity index (χ0n) is 16.0. The Labute approximate surface area is 168 Å². The molecule has 0 atom stereocenters. The summed E-state index contributed by atoms with van der Waals surface area (Å²) >= 11 is 0. The predicted octanol–water partition coefficient (Wildman–Crippen LogP) is 3.85. The molecule has 0 bridgehead atoms. The van der Waals surface area contributed by atoms with E-state index in [0.29, 0.717) is 17.1 Å². The minimum atomic E-state index is -0.414. The van der Waals surface area contributed by atoms with Crippen LogP contribution >= 0.6 is 0 Å². The summed E-state index contributed by atoms with van der Waals surface area (Å²) in [7, 11) is 0. The minimum Gasteiger partial charge on any atom is -0.326 e. The van der Waals surface area contributed by atoms with Gasteiger partial charge in [0, 0.05) is 36.4 Å². The Balaban J connectivity index is 1.73. The second kappa shape index (κ2) is 8.79. The molecule has 0 aliphatic rings. The molecular weight excluding hydrogens is 368 g/mol. The molecule has 146 valence electrons. The van der Waals surface area contributed by atoms with E-state index in [1.165, 1.54) is 25.4 Å². The Morgan fingerprint density at radius 2 is 1.38 bits per heavy atom. The molecule has 0 radical (unpaired) electrons. The van der Waals surface area contributed by atoms with Crippen molar-refractivity contribution in [2.45, 2.75) is 13.8 Å². The van der Waals surface area contributed by atoms with E-state index in [4.69, 9.17) is 0 Å². The molecule has 3 amide bonds. The van der Waals surface area contributed by atoms with Gasteiger partial charge in [-0.1, -0.05) is 24.3 Å². The van der Waals surface area contributed by atoms with Gasteiger partial charge in [0.1, 0.15) is 0 Å². The number of rotatable bonds is 5. The van der Waals surface area contributed by atoms with Crippen molar-refractivity contribution < 1.29 is 14.4 Å². The van der Waals surface area contributed by atoms with Crippen LogP contribution in [-0.2, 0) is 4.79 Å². The van der Waals surface area contributed by atoms with Crippen LogP contribution < -0.4 is 16.0 Å². The van der Waals surface area contributed by atoms with Crippen molar-refractivity contribution in [3.63, 3.8) is 0 Å². The first-order valence-electron chi connectivity index (χ1n) is 8.93. The molecule has 3 aromatic rings. The van der Waals surface area contributed by atoms with Crippen molar-refractivity contribution in [3.8, 4) is 0 Å². The summed E-state index contributed by atoms with van der Waals surface area (Å²) in [6, 6.07) is 15.7. The highest BCUT2D eigenvalue weighted by atomic mass is 16.2. The number of nitrogens with zero attached hydrogens (tertiary/aromatic N) is 1. The first-order valence-corrected chi connectivity index (χ1v) is 8.93. The molecule has 0 aliphatic carbocycles. The Hall–Kier alpha value is -4.00. The highest BCUT2D eigenvalue weighted by molar-refractivity contribution is 6.08. The molecule has 7 nitrogen and oxygen atoms in total. The van der Waals surface area contributed by atoms with E-state index in [1.54, 1.807) is 30.3 Å². The minimum absolute atomic E-state index is 0.204. The highest BCUT2D eigenvalue weighted by Gasteiger charge is 2.13. The molecule has 0 saturated heterocycles. The van der Waals surface area contributed by atoms with Crippen LogP contribution in [-0.4, -0.2) is 22.7 Å². The van der Waals surface area contributed by atoms with Gasteiger partial charge in [0.2, 0.25) is 5.91 Å². The van der Waals surface area contributed by atoms with Gasteiger partial charge in [0.25, 0.3) is 11.8 Å². The second-order valence-electron chi connectivity index (χ2n) is 6.45. The number of hydrogen-bond donors (Lipinski definition) is 3. The number of benzene rings is 2. The van der Waals surface area contributed by atoms with E-state index < -0.39 is 5.91 Å². The molecule has 0 unspecified atom stereocenters. The SMILES string of the molecule is CC(=O)Nc1cccc(NC(=O)c2cncc(C(=O)Nc3ccccc3C)c2)c1. The summed E-state index contributed by atoms with van der Waals surface area (Å²) in [6.07, 6.45) is 2.79. The Kier molecular flexibility index (Phi) is 5.99. The number of anilines is 3. The Bertz CT molecular complexity index is 1080. The summed E-state index contributed by atoms with van der Waals surface area (Å²) in [6.45, 7) is 3.30. The largest absolute Gasteiger partial charge is 0.326 e. The Morgan fingerprint density at radius 1 is 0.759 bits per heavy atom. The number of aryl methyl sites for hydroxylation is 1. The average Bonchev–Trinajstić information content (AvgIpc) is 2.69. The summed E-state index contributed by atoms with van der Waals surface area (Å²) in [5.41, 5.74) is 3.22. The Morgan fingerprint density at radius 3 is 2.03 bits per heavy atom. The van der Waals surface area contributed by atoms with Gasteiger partial charge in [0.15, 0.2) is 0 Å². The van der Waals surface area contributed by atoms with Crippen molar-refractivity contribution in [2.75, 3.05) is 16.0 Å². The lowest BCUT2D eigenvalue weighted by Gasteiger charge is -2.10. The van der Waals surface area contributed by atoms with Crippen molar-refractivity contribution in [3.05, 3.63) is 83.7 Å². The van der Waals surface area contributed by atoms with Crippen LogP contribution in [0, 0.1) is 6.92 Å². The number of para-hydroxylation sites is 1. The summed E-state index contributed by atoms with van der Waals surface area (Å²) < 4.78 is 0. The molecule has 0 fully saturated rings. The van der Waals surface area contributed by atoms with Crippen molar-refractivity contribution >= 4 is 34.8 Å². The molecule has 0 aliphatic heterocycles. The quantitative estimate of drug-likeness (QED) is 0.618. The summed E-state index contributed by atoms with van der Waals surface area (Å²) in [4.78, 5) is 40.3. The van der Waals surface area contributed by atoms with E-state index in [2.05, 4.69) is 20.9 Å². The van der Waals surface area contributed by atoms with Crippen molar-refractivity contribution in [1.82, 2.24) is 4.98 Å². The van der Waals surface area contributed by atoms with Gasteiger partial charge in [-0.2, -0.15) is 0 Å². The first kappa shape index (κ1) is 19.8. The molecule has 7 heteroatoms. The van der Waals surface area contributed by atoms with E-state index in [1.807, 2.05) is 25.1 Å². The maximum atomic E-state index is 12.6. The lowest BCUT2D eigenvalue weighted by atomic mass is 10.1. The maximum Gasteiger partial charge on any atom is 0.257 e. The topological polar surface area (TPSA) is 100 Å². The van der Waals surface area contributed by atoms with Crippen molar-refractivity contribution in [1.29, 1.82) is 0 Å². The first-order chi connectivity index (χ1) is 13.9. The fraction of sp³-hybridized carbons (Fsp3) is 0.0909. The van der Waals surface area contributed by atoms with Gasteiger partial charge in [-0.05, 0) is 42.8 Å². The molecule has 0 spiro atoms. The third-order valence-corrected chi connectivity index (χ3v) is 4.10. The number of pyridine rings is 1. The number of carbonyl (C=O) groups is 3. The number of hydrogen-bond acceptors (Lipinski definition) is 4. The summed E-state index contributed by atoms with van der Waals surface area (Å²) in [5.74, 6) is -0.970. The van der Waals surface area contributed by atoms with Crippen LogP contribution in [0.4, 0.5) is 17.1 Å². The lowest BCUT2D eigenvalue weighted by Crippen LogP contribution is -2.16. The zero-order chi connectivity index (χ0) is 20.8. The predicted molar refractivity (Wildman–Crippen MR) is 112 cm³/mol. The number of aromatic nitrogens is 1. The second-order valence-corrected chi connectivity index (χ2v) is 6.45. The van der Waals surface area contributed by atoms with Gasteiger partial charge in [-0.25, -0.2) is 0 Å². The standard InChI is InChI=1S/C22H20N4O3/c1-14-6-3-4-9-20(14)26-22(29)17-10-16(12-23-13-17)21(28)25-19-8-5-7-18(11-19)24-15(2)27/h3-13H,1-2H3,(H,24,27)(H,25,28)(H,26,29). The third-order valence-electron chi connectivity index (χ3n) is 4.10. The molecule has 3 rings (SSSR count). The van der Waals surface area contributed by atoms with Gasteiger partial charge in [-0.3, -0.25) is 19.4 Å². The molecule has 3 N–H and O–H groups in total. The third kappa shape index (κ3) is 5.26. The van der Waals surface area contributed by atoms with Crippen LogP contribution in [0.5, 0.6) is 0 Å². The van der Waals surface area contributed by atoms with Gasteiger partial charge in [0.05, 0.1) is 11.1 Å². The van der Waals surface area contributed by atoms with E-state index in [-0.39, 0.29) is 22.9 Å². The summed E-state index contributed by atoms with van der Waals surface area (Å²) in [5, 5.41) is 8.21. The average molecular weight is 388 g/mol. The maximum absolute atomic E-state index is 12.6. The van der Waals surface area contributed by atoms with Crippen LogP contribution in [0.15, 0.2) is 67.0 Å². The lowest BCUT2D eigenvalue weighted by molar-refractivity contribution is -0.114. The molecule has 1 aromatic heterocycles. The van der Waals surface area contributed by atoms with Crippen LogP contribution in [0.2, 0.25) is 0 Å². The fourth-order valence-electron chi connectivity index (χ4n) is 2.68. The molecule has 1 heterocycles. The van der Waals surface area contributed by atoms with E-state index in [9.17, 15) is 14.4 Å². The molecule has 29 heavy (non-hydrogen) atoms. The van der Waals surface area contributed by atoms with E-state index >= 15 is 0 Å². The van der Waals surface area contributed by atoms with E-state index in [0.717, 1.165) is 5.56 Å². The van der Waals surface area contributed by atoms with Crippen LogP contribution in [0.25, 0.3) is 0 Å². The monoisotopic (exact) mass is 388 g/mol. The highest BCUT2D eigenvalue weighted by Crippen LogP contribution is 2.17. The number of amides is 3. The zero-order valence-corrected chi connectivity index (χ0v) is 16.0. The van der Waals surface area contributed by atoms with Gasteiger partial charge < -0.3 is 16.0 Å². The molecule has 0 saturated carbocycles. The normalized spacial score (nSPS) is 10.1. The van der Waals surface area contributed by atoms with Crippen LogP contribution in [0.1, 0.15) is 33.2 Å². The smallest absolute Gasteiger partial charge is 0.257 e. The van der Waals surface area contributed by atoms with Crippen LogP contribution in [0.3, 0.4) is 0 Å². The molecule has 2 aromatic carbocycles.